The number of thioether (sulfide) groups is 1. The Labute approximate surface area is 153 Å². The first-order valence-corrected chi connectivity index (χ1v) is 9.40. The van der Waals surface area contributed by atoms with E-state index in [4.69, 9.17) is 4.74 Å². The molecule has 1 aromatic carbocycles. The monoisotopic (exact) mass is 363 g/mol. The fraction of sp³-hybridized carbons (Fsp3) is 0.444. The number of amides is 2. The number of allylic oxidation sites excluding steroid dienone is 1. The van der Waals surface area contributed by atoms with E-state index in [2.05, 4.69) is 17.6 Å². The number of carbonyl (C=O) groups excluding carboxylic acids is 2. The van der Waals surface area contributed by atoms with Gasteiger partial charge in [-0.25, -0.2) is 9.59 Å². The predicted molar refractivity (Wildman–Crippen MR) is 102 cm³/mol. The Morgan fingerprint density at radius 2 is 1.96 bits per heavy atom. The number of benzene rings is 1. The molecule has 0 aliphatic carbocycles. The summed E-state index contributed by atoms with van der Waals surface area (Å²) in [4.78, 5) is 26.4. The molecule has 2 rings (SSSR count). The van der Waals surface area contributed by atoms with E-state index in [1.165, 1.54) is 0 Å². The van der Waals surface area contributed by atoms with Gasteiger partial charge in [-0.15, -0.1) is 0 Å². The topological polar surface area (TPSA) is 70.7 Å². The van der Waals surface area contributed by atoms with Crippen molar-refractivity contribution in [2.75, 3.05) is 37.1 Å². The normalized spacial score (nSPS) is 17.0. The van der Waals surface area contributed by atoms with E-state index in [0.717, 1.165) is 22.8 Å². The molecule has 0 saturated heterocycles. The van der Waals surface area contributed by atoms with Gasteiger partial charge in [0, 0.05) is 31.2 Å². The zero-order valence-corrected chi connectivity index (χ0v) is 15.9. The van der Waals surface area contributed by atoms with Crippen LogP contribution in [0, 0.1) is 0 Å². The number of anilines is 1. The molecule has 0 unspecified atom stereocenters. The molecule has 0 saturated carbocycles. The zero-order valence-electron chi connectivity index (χ0n) is 15.1. The quantitative estimate of drug-likeness (QED) is 0.576. The summed E-state index contributed by atoms with van der Waals surface area (Å²) in [6, 6.07) is 6.91. The van der Waals surface area contributed by atoms with Crippen LogP contribution < -0.4 is 15.5 Å². The van der Waals surface area contributed by atoms with Crippen LogP contribution in [0.25, 0.3) is 0 Å². The van der Waals surface area contributed by atoms with Gasteiger partial charge in [-0.3, -0.25) is 0 Å². The maximum Gasteiger partial charge on any atom is 0.338 e. The number of nitrogens with zero attached hydrogens (tertiary/aromatic N) is 1. The van der Waals surface area contributed by atoms with Crippen LogP contribution in [0.15, 0.2) is 35.5 Å². The number of hydrogen-bond donors (Lipinski definition) is 2. The minimum atomic E-state index is -0.517. The van der Waals surface area contributed by atoms with E-state index < -0.39 is 12.0 Å². The average Bonchev–Trinajstić information content (AvgIpc) is 2.58. The third-order valence-corrected chi connectivity index (χ3v) is 4.76. The summed E-state index contributed by atoms with van der Waals surface area (Å²) in [5.41, 5.74) is 2.86. The van der Waals surface area contributed by atoms with E-state index in [1.54, 1.807) is 18.7 Å². The van der Waals surface area contributed by atoms with Crippen molar-refractivity contribution in [1.29, 1.82) is 0 Å². The highest BCUT2D eigenvalue weighted by Crippen LogP contribution is 2.28. The molecule has 1 aliphatic heterocycles. The van der Waals surface area contributed by atoms with Crippen molar-refractivity contribution in [2.24, 2.45) is 0 Å². The van der Waals surface area contributed by atoms with E-state index in [9.17, 15) is 9.59 Å². The lowest BCUT2D eigenvalue weighted by atomic mass is 9.95. The van der Waals surface area contributed by atoms with Crippen molar-refractivity contribution in [2.45, 2.75) is 19.9 Å². The van der Waals surface area contributed by atoms with E-state index >= 15 is 0 Å². The largest absolute Gasteiger partial charge is 0.461 e. The lowest BCUT2D eigenvalue weighted by Gasteiger charge is -2.28. The van der Waals surface area contributed by atoms with Crippen LogP contribution in [-0.4, -0.2) is 44.2 Å². The summed E-state index contributed by atoms with van der Waals surface area (Å²) in [6.07, 6.45) is 0. The van der Waals surface area contributed by atoms with Crippen molar-refractivity contribution in [3.05, 3.63) is 41.1 Å². The second-order valence-corrected chi connectivity index (χ2v) is 7.28. The summed E-state index contributed by atoms with van der Waals surface area (Å²) >= 11 is 1.72. The van der Waals surface area contributed by atoms with Gasteiger partial charge in [0.25, 0.3) is 0 Å². The summed E-state index contributed by atoms with van der Waals surface area (Å²) in [7, 11) is 3.92. The molecule has 136 valence electrons. The standard InChI is InChI=1S/C18H25N3O3S/c1-5-25-11-10-24-17(22)15-12(2)19-18(23)20-16(15)13-6-8-14(9-7-13)21(3)4/h6-9,16H,5,10-11H2,1-4H3,(H2,19,20,23)/t16-/m0/s1. The van der Waals surface area contributed by atoms with Gasteiger partial charge in [0.1, 0.15) is 6.61 Å². The minimum absolute atomic E-state index is 0.322. The molecule has 7 heteroatoms. The molecule has 0 aromatic heterocycles. The van der Waals surface area contributed by atoms with E-state index in [-0.39, 0.29) is 6.03 Å². The first kappa shape index (κ1) is 19.2. The van der Waals surface area contributed by atoms with Crippen LogP contribution in [0.3, 0.4) is 0 Å². The van der Waals surface area contributed by atoms with Gasteiger partial charge in [0.05, 0.1) is 11.6 Å². The number of carbonyl (C=O) groups is 2. The van der Waals surface area contributed by atoms with Crippen molar-refractivity contribution in [3.8, 4) is 0 Å². The van der Waals surface area contributed by atoms with Crippen LogP contribution in [-0.2, 0) is 9.53 Å². The Kier molecular flexibility index (Phi) is 6.75. The van der Waals surface area contributed by atoms with Crippen LogP contribution in [0.2, 0.25) is 0 Å². The SMILES string of the molecule is CCSCCOC(=O)C1=C(C)NC(=O)N[C@H]1c1ccc(N(C)C)cc1. The minimum Gasteiger partial charge on any atom is -0.461 e. The second kappa shape index (κ2) is 8.80. The van der Waals surface area contributed by atoms with Gasteiger partial charge >= 0.3 is 12.0 Å². The molecule has 6 nitrogen and oxygen atoms in total. The van der Waals surface area contributed by atoms with Crippen LogP contribution in [0.1, 0.15) is 25.5 Å². The zero-order chi connectivity index (χ0) is 18.4. The molecule has 1 aliphatic rings. The van der Waals surface area contributed by atoms with Crippen molar-refractivity contribution in [3.63, 3.8) is 0 Å². The molecular formula is C18H25N3O3S. The number of urea groups is 1. The van der Waals surface area contributed by atoms with Crippen molar-refractivity contribution >= 4 is 29.4 Å². The molecule has 0 radical (unpaired) electrons. The summed E-state index contributed by atoms with van der Waals surface area (Å²) in [5, 5.41) is 5.47. The molecule has 2 amide bonds. The number of nitrogens with one attached hydrogen (secondary N) is 2. The van der Waals surface area contributed by atoms with Gasteiger partial charge in [0.15, 0.2) is 0 Å². The second-order valence-electron chi connectivity index (χ2n) is 5.89. The summed E-state index contributed by atoms with van der Waals surface area (Å²) < 4.78 is 5.39. The molecule has 1 heterocycles. The molecule has 25 heavy (non-hydrogen) atoms. The van der Waals surface area contributed by atoms with E-state index in [0.29, 0.717) is 17.9 Å². The number of ether oxygens (including phenoxy) is 1. The molecule has 0 spiro atoms. The maximum atomic E-state index is 12.5. The fourth-order valence-electron chi connectivity index (χ4n) is 2.59. The molecule has 2 N–H and O–H groups in total. The Morgan fingerprint density at radius 1 is 1.28 bits per heavy atom. The van der Waals surface area contributed by atoms with Crippen molar-refractivity contribution < 1.29 is 14.3 Å². The molecule has 1 atom stereocenters. The summed E-state index contributed by atoms with van der Waals surface area (Å²) in [6.45, 7) is 4.14. The Bertz CT molecular complexity index is 656. The van der Waals surface area contributed by atoms with Gasteiger partial charge in [-0.2, -0.15) is 11.8 Å². The predicted octanol–water partition coefficient (Wildman–Crippen LogP) is 2.68. The molecule has 0 bridgehead atoms. The van der Waals surface area contributed by atoms with Crippen LogP contribution in [0.5, 0.6) is 0 Å². The Hall–Kier alpha value is -2.15. The van der Waals surface area contributed by atoms with Gasteiger partial charge < -0.3 is 20.3 Å². The molecule has 0 fully saturated rings. The fourth-order valence-corrected chi connectivity index (χ4v) is 3.08. The first-order valence-electron chi connectivity index (χ1n) is 8.24. The van der Waals surface area contributed by atoms with Gasteiger partial charge in [-0.05, 0) is 30.4 Å². The van der Waals surface area contributed by atoms with Gasteiger partial charge in [-0.1, -0.05) is 19.1 Å². The number of rotatable bonds is 7. The highest BCUT2D eigenvalue weighted by Gasteiger charge is 2.32. The third kappa shape index (κ3) is 4.92. The first-order chi connectivity index (χ1) is 11.9. The summed E-state index contributed by atoms with van der Waals surface area (Å²) in [5.74, 6) is 1.34. The highest BCUT2D eigenvalue weighted by atomic mass is 32.2. The average molecular weight is 363 g/mol. The lowest BCUT2D eigenvalue weighted by Crippen LogP contribution is -2.45. The number of esters is 1. The molecule has 1 aromatic rings. The van der Waals surface area contributed by atoms with Crippen LogP contribution in [0.4, 0.5) is 10.5 Å². The van der Waals surface area contributed by atoms with Crippen molar-refractivity contribution in [1.82, 2.24) is 10.6 Å². The highest BCUT2D eigenvalue weighted by molar-refractivity contribution is 7.99. The third-order valence-electron chi connectivity index (χ3n) is 3.90. The Morgan fingerprint density at radius 3 is 2.56 bits per heavy atom. The van der Waals surface area contributed by atoms with Gasteiger partial charge in [0.2, 0.25) is 0 Å². The number of hydrogen-bond acceptors (Lipinski definition) is 5. The maximum absolute atomic E-state index is 12.5. The smallest absolute Gasteiger partial charge is 0.338 e. The Balaban J connectivity index is 2.22. The van der Waals surface area contributed by atoms with Crippen LogP contribution >= 0.6 is 11.8 Å². The molecular weight excluding hydrogens is 338 g/mol. The van der Waals surface area contributed by atoms with E-state index in [1.807, 2.05) is 43.3 Å². The lowest BCUT2D eigenvalue weighted by molar-refractivity contribution is -0.138.